The van der Waals surface area contributed by atoms with Gasteiger partial charge < -0.3 is 0 Å². The quantitative estimate of drug-likeness (QED) is 0.455. The molecule has 1 rings (SSSR count). The van der Waals surface area contributed by atoms with Crippen LogP contribution in [0.25, 0.3) is 0 Å². The van der Waals surface area contributed by atoms with Crippen molar-refractivity contribution in [2.45, 2.75) is 6.42 Å². The van der Waals surface area contributed by atoms with Gasteiger partial charge in [0.05, 0.1) is 0 Å². The van der Waals surface area contributed by atoms with Gasteiger partial charge in [-0.2, -0.15) is 6.08 Å². The molecule has 0 unspecified atom stereocenters. The van der Waals surface area contributed by atoms with Gasteiger partial charge in [0, 0.05) is 8.41 Å². The fraction of sp³-hybridized carbons (Fsp3) is 0.200. The van der Waals surface area contributed by atoms with Gasteiger partial charge in [-0.3, -0.25) is 6.08 Å². The van der Waals surface area contributed by atoms with E-state index in [-0.39, 0.29) is 30.8 Å². The Morgan fingerprint density at radius 2 is 2.14 bits per heavy atom. The van der Waals surface area contributed by atoms with E-state index in [2.05, 4.69) is 12.2 Å². The maximum Gasteiger partial charge on any atom is 1.00 e. The zero-order valence-corrected chi connectivity index (χ0v) is 5.98. The largest absolute Gasteiger partial charge is 1.00 e. The summed E-state index contributed by atoms with van der Waals surface area (Å²) in [5.74, 6) is 0. The van der Waals surface area contributed by atoms with Gasteiger partial charge >= 0.3 is 22.4 Å². The summed E-state index contributed by atoms with van der Waals surface area (Å²) in [6.07, 6.45) is 10.0. The average molecular weight is 273 g/mol. The summed E-state index contributed by atoms with van der Waals surface area (Å²) in [7, 11) is 0. The van der Waals surface area contributed by atoms with Gasteiger partial charge in [0.25, 0.3) is 0 Å². The third-order valence-corrected chi connectivity index (χ3v) is 0.586. The Morgan fingerprint density at radius 3 is 2.29 bits per heavy atom. The van der Waals surface area contributed by atoms with Gasteiger partial charge in [0.15, 0.2) is 0 Å². The minimum Gasteiger partial charge on any atom is -0.273 e. The molecule has 0 aromatic heterocycles. The fourth-order valence-corrected chi connectivity index (χ4v) is 0.340. The molecule has 0 aromatic carbocycles. The maximum atomic E-state index is 2.99. The minimum atomic E-state index is 0. The zero-order chi connectivity index (χ0) is 3.54. The first kappa shape index (κ1) is 10.3. The van der Waals surface area contributed by atoms with Crippen molar-refractivity contribution in [3.05, 3.63) is 24.3 Å². The molecule has 0 saturated heterocycles. The van der Waals surface area contributed by atoms with Crippen molar-refractivity contribution in [3.8, 4) is 0 Å². The van der Waals surface area contributed by atoms with E-state index in [1.807, 2.05) is 12.2 Å². The fourth-order valence-electron chi connectivity index (χ4n) is 0.340. The molecular formula is C5H5AuB. The van der Waals surface area contributed by atoms with Crippen LogP contribution in [0.2, 0.25) is 0 Å². The van der Waals surface area contributed by atoms with Gasteiger partial charge in [-0.1, -0.05) is 0 Å². The molecule has 2 heteroatoms. The molecule has 1 aliphatic carbocycles. The van der Waals surface area contributed by atoms with E-state index in [0.29, 0.717) is 0 Å². The van der Waals surface area contributed by atoms with Crippen LogP contribution in [0, 0.1) is 6.08 Å². The Morgan fingerprint density at radius 1 is 1.43 bits per heavy atom. The summed E-state index contributed by atoms with van der Waals surface area (Å²) >= 11 is 0. The van der Waals surface area contributed by atoms with E-state index in [1.54, 1.807) is 0 Å². The number of hydrogen-bond acceptors (Lipinski definition) is 0. The van der Waals surface area contributed by atoms with Crippen LogP contribution >= 0.6 is 0 Å². The van der Waals surface area contributed by atoms with Crippen molar-refractivity contribution in [3.63, 3.8) is 0 Å². The first-order valence-corrected chi connectivity index (χ1v) is 1.72. The summed E-state index contributed by atoms with van der Waals surface area (Å²) < 4.78 is 0. The SMILES string of the molecule is [Au+].[B].[C-]1=CC=CC1. The van der Waals surface area contributed by atoms with Crippen molar-refractivity contribution in [1.29, 1.82) is 0 Å². The topological polar surface area (TPSA) is 0 Å². The molecule has 0 atom stereocenters. The molecule has 3 radical (unpaired) electrons. The van der Waals surface area contributed by atoms with Gasteiger partial charge in [-0.15, -0.1) is 6.42 Å². The standard InChI is InChI=1S/C5H5.Au.B/c1-2-4-5-3-1;;/h1-3H,4H2;;/q-1;+1;. The van der Waals surface area contributed by atoms with Crippen molar-refractivity contribution in [2.75, 3.05) is 0 Å². The predicted octanol–water partition coefficient (Wildman–Crippen LogP) is 0.922. The van der Waals surface area contributed by atoms with Crippen molar-refractivity contribution >= 4 is 8.41 Å². The van der Waals surface area contributed by atoms with E-state index in [1.165, 1.54) is 0 Å². The van der Waals surface area contributed by atoms with Crippen LogP contribution in [0.1, 0.15) is 6.42 Å². The molecule has 0 bridgehead atoms. The van der Waals surface area contributed by atoms with Crippen molar-refractivity contribution < 1.29 is 22.4 Å². The van der Waals surface area contributed by atoms with Crippen LogP contribution in [-0.4, -0.2) is 8.41 Å². The normalized spacial score (nSPS) is 12.6. The van der Waals surface area contributed by atoms with Crippen LogP contribution in [0.4, 0.5) is 0 Å². The zero-order valence-electron chi connectivity index (χ0n) is 3.82. The van der Waals surface area contributed by atoms with Gasteiger partial charge in [0.2, 0.25) is 0 Å². The van der Waals surface area contributed by atoms with E-state index >= 15 is 0 Å². The van der Waals surface area contributed by atoms with Gasteiger partial charge in [0.1, 0.15) is 0 Å². The smallest absolute Gasteiger partial charge is 0.273 e. The van der Waals surface area contributed by atoms with Crippen LogP contribution < -0.4 is 0 Å². The van der Waals surface area contributed by atoms with Crippen LogP contribution in [0.3, 0.4) is 0 Å². The summed E-state index contributed by atoms with van der Waals surface area (Å²) in [6, 6.07) is 0. The van der Waals surface area contributed by atoms with E-state index in [0.717, 1.165) is 6.42 Å². The summed E-state index contributed by atoms with van der Waals surface area (Å²) in [5, 5.41) is 0. The third-order valence-electron chi connectivity index (χ3n) is 0.586. The van der Waals surface area contributed by atoms with Crippen LogP contribution in [0.15, 0.2) is 18.2 Å². The second kappa shape index (κ2) is 6.29. The van der Waals surface area contributed by atoms with Crippen LogP contribution in [0.5, 0.6) is 0 Å². The number of rotatable bonds is 0. The molecule has 0 amide bonds. The average Bonchev–Trinajstić information content (AvgIpc) is 1.76. The van der Waals surface area contributed by atoms with E-state index < -0.39 is 0 Å². The molecule has 0 heterocycles. The summed E-state index contributed by atoms with van der Waals surface area (Å²) in [5.41, 5.74) is 0. The molecular weight excluding hydrogens is 268 g/mol. The molecule has 0 aromatic rings. The molecule has 7 heavy (non-hydrogen) atoms. The molecule has 0 nitrogen and oxygen atoms in total. The number of allylic oxidation sites excluding steroid dienone is 4. The molecule has 0 aliphatic heterocycles. The monoisotopic (exact) mass is 273 g/mol. The van der Waals surface area contributed by atoms with E-state index in [4.69, 9.17) is 0 Å². The molecule has 0 N–H and O–H groups in total. The molecule has 0 fully saturated rings. The molecule has 0 saturated carbocycles. The maximum absolute atomic E-state index is 2.99. The van der Waals surface area contributed by atoms with Crippen molar-refractivity contribution in [2.24, 2.45) is 0 Å². The van der Waals surface area contributed by atoms with Gasteiger partial charge in [-0.25, -0.2) is 12.2 Å². The first-order chi connectivity index (χ1) is 2.50. The second-order valence-electron chi connectivity index (χ2n) is 1.00. The first-order valence-electron chi connectivity index (χ1n) is 1.72. The Labute approximate surface area is 61.8 Å². The minimum absolute atomic E-state index is 0. The Balaban J connectivity index is 0. The van der Waals surface area contributed by atoms with Gasteiger partial charge in [-0.05, 0) is 0 Å². The Hall–Kier alpha value is 0.285. The third kappa shape index (κ3) is 4.13. The van der Waals surface area contributed by atoms with Crippen LogP contribution in [-0.2, 0) is 22.4 Å². The Bertz CT molecular complexity index is 66.1. The summed E-state index contributed by atoms with van der Waals surface area (Å²) in [6.45, 7) is 0. The van der Waals surface area contributed by atoms with E-state index in [9.17, 15) is 0 Å². The Kier molecular flexibility index (Phi) is 9.25. The number of hydrogen-bond donors (Lipinski definition) is 0. The molecule has 0 spiro atoms. The van der Waals surface area contributed by atoms with Crippen molar-refractivity contribution in [1.82, 2.24) is 0 Å². The molecule has 1 aliphatic rings. The summed E-state index contributed by atoms with van der Waals surface area (Å²) in [4.78, 5) is 0. The molecule has 39 valence electrons. The second-order valence-corrected chi connectivity index (χ2v) is 1.00. The predicted molar refractivity (Wildman–Crippen MR) is 27.3 cm³/mol.